The smallest absolute Gasteiger partial charge is 0.244 e. The molecular weight excluding hydrogens is 517 g/mol. The van der Waals surface area contributed by atoms with Crippen LogP contribution in [0.4, 0.5) is 10.1 Å². The summed E-state index contributed by atoms with van der Waals surface area (Å²) in [4.78, 5) is 28.7. The van der Waals surface area contributed by atoms with Crippen LogP contribution in [-0.4, -0.2) is 50.5 Å². The van der Waals surface area contributed by atoms with Crippen molar-refractivity contribution in [3.63, 3.8) is 0 Å². The van der Waals surface area contributed by atoms with Crippen molar-refractivity contribution in [1.29, 1.82) is 0 Å². The minimum absolute atomic E-state index is 0.183. The van der Waals surface area contributed by atoms with Crippen LogP contribution in [-0.2, 0) is 32.6 Å². The minimum Gasteiger partial charge on any atom is -0.354 e. The second-order valence-corrected chi connectivity index (χ2v) is 11.5. The normalized spacial score (nSPS) is 12.0. The molecule has 1 atom stereocenters. The van der Waals surface area contributed by atoms with Gasteiger partial charge >= 0.3 is 0 Å². The van der Waals surface area contributed by atoms with Crippen LogP contribution in [0.2, 0.25) is 0 Å². The van der Waals surface area contributed by atoms with Crippen LogP contribution in [0, 0.1) is 12.7 Å². The second kappa shape index (κ2) is 13.9. The highest BCUT2D eigenvalue weighted by Gasteiger charge is 2.33. The van der Waals surface area contributed by atoms with Crippen LogP contribution in [0.5, 0.6) is 0 Å². The molecular formula is C30H36FN3O4S. The van der Waals surface area contributed by atoms with Crippen LogP contribution in [0.25, 0.3) is 0 Å². The van der Waals surface area contributed by atoms with Crippen LogP contribution >= 0.6 is 0 Å². The molecule has 2 amide bonds. The Morgan fingerprint density at radius 1 is 0.949 bits per heavy atom. The molecule has 3 rings (SSSR count). The number of hydrogen-bond acceptors (Lipinski definition) is 4. The van der Waals surface area contributed by atoms with Gasteiger partial charge in [-0.15, -0.1) is 0 Å². The Balaban J connectivity index is 2.03. The maximum absolute atomic E-state index is 14.8. The predicted octanol–water partition coefficient (Wildman–Crippen LogP) is 4.46. The SMILES string of the molecule is CCCCNC(=O)[C@@H](Cc1ccccc1)N(Cc1ccccc1F)C(=O)CN(c1ccc(C)cc1)S(C)(=O)=O. The minimum atomic E-state index is -3.85. The lowest BCUT2D eigenvalue weighted by molar-refractivity contribution is -0.140. The molecule has 3 aromatic rings. The molecule has 0 aliphatic carbocycles. The fourth-order valence-corrected chi connectivity index (χ4v) is 5.04. The first-order valence-corrected chi connectivity index (χ1v) is 14.8. The molecule has 0 aliphatic rings. The van der Waals surface area contributed by atoms with Gasteiger partial charge in [-0.05, 0) is 37.1 Å². The van der Waals surface area contributed by atoms with Crippen molar-refractivity contribution in [1.82, 2.24) is 10.2 Å². The fraction of sp³-hybridized carbons (Fsp3) is 0.333. The van der Waals surface area contributed by atoms with Gasteiger partial charge in [-0.25, -0.2) is 12.8 Å². The van der Waals surface area contributed by atoms with Gasteiger partial charge in [0.15, 0.2) is 0 Å². The Kier molecular flexibility index (Phi) is 10.6. The number of rotatable bonds is 13. The lowest BCUT2D eigenvalue weighted by Gasteiger charge is -2.33. The number of carbonyl (C=O) groups excluding carboxylic acids is 2. The zero-order valence-corrected chi connectivity index (χ0v) is 23.5. The molecule has 39 heavy (non-hydrogen) atoms. The molecule has 0 bridgehead atoms. The van der Waals surface area contributed by atoms with E-state index in [4.69, 9.17) is 0 Å². The predicted molar refractivity (Wildman–Crippen MR) is 152 cm³/mol. The molecule has 0 aromatic heterocycles. The van der Waals surface area contributed by atoms with Crippen molar-refractivity contribution in [3.8, 4) is 0 Å². The van der Waals surface area contributed by atoms with Gasteiger partial charge < -0.3 is 10.2 Å². The van der Waals surface area contributed by atoms with Gasteiger partial charge in [0.1, 0.15) is 18.4 Å². The average molecular weight is 554 g/mol. The largest absolute Gasteiger partial charge is 0.354 e. The molecule has 0 unspecified atom stereocenters. The lowest BCUT2D eigenvalue weighted by Crippen LogP contribution is -2.53. The van der Waals surface area contributed by atoms with Crippen molar-refractivity contribution in [2.45, 2.75) is 45.7 Å². The van der Waals surface area contributed by atoms with Crippen molar-refractivity contribution in [2.75, 3.05) is 23.7 Å². The number of aryl methyl sites for hydroxylation is 1. The third-order valence-electron chi connectivity index (χ3n) is 6.40. The van der Waals surface area contributed by atoms with Crippen LogP contribution in [0.15, 0.2) is 78.9 Å². The standard InChI is InChI=1S/C30H36FN3O4S/c1-4-5-19-32-30(36)28(20-24-11-7-6-8-12-24)33(21-25-13-9-10-14-27(25)31)29(35)22-34(39(3,37)38)26-17-15-23(2)16-18-26/h6-18,28H,4-5,19-22H2,1-3H3,(H,32,36)/t28-/m1/s1. The first kappa shape index (κ1) is 29.8. The quantitative estimate of drug-likeness (QED) is 0.317. The molecule has 0 heterocycles. The van der Waals surface area contributed by atoms with Gasteiger partial charge in [-0.3, -0.25) is 13.9 Å². The maximum Gasteiger partial charge on any atom is 0.244 e. The zero-order valence-electron chi connectivity index (χ0n) is 22.6. The van der Waals surface area contributed by atoms with Crippen LogP contribution in [0.1, 0.15) is 36.5 Å². The summed E-state index contributed by atoms with van der Waals surface area (Å²) in [6.45, 7) is 3.58. The van der Waals surface area contributed by atoms with E-state index in [1.165, 1.54) is 11.0 Å². The number of nitrogens with zero attached hydrogens (tertiary/aromatic N) is 2. The first-order chi connectivity index (χ1) is 18.6. The highest BCUT2D eigenvalue weighted by atomic mass is 32.2. The van der Waals surface area contributed by atoms with E-state index in [1.54, 1.807) is 42.5 Å². The molecule has 0 saturated carbocycles. The summed E-state index contributed by atoms with van der Waals surface area (Å²) in [6.07, 6.45) is 2.85. The first-order valence-electron chi connectivity index (χ1n) is 13.0. The lowest BCUT2D eigenvalue weighted by atomic mass is 10.0. The number of unbranched alkanes of at least 4 members (excludes halogenated alkanes) is 1. The third-order valence-corrected chi connectivity index (χ3v) is 7.54. The summed E-state index contributed by atoms with van der Waals surface area (Å²) in [7, 11) is -3.85. The summed E-state index contributed by atoms with van der Waals surface area (Å²) >= 11 is 0. The molecule has 0 saturated heterocycles. The van der Waals surface area contributed by atoms with Gasteiger partial charge in [0.05, 0.1) is 11.9 Å². The highest BCUT2D eigenvalue weighted by molar-refractivity contribution is 7.92. The van der Waals surface area contributed by atoms with E-state index < -0.39 is 34.3 Å². The highest BCUT2D eigenvalue weighted by Crippen LogP contribution is 2.21. The van der Waals surface area contributed by atoms with E-state index >= 15 is 0 Å². The van der Waals surface area contributed by atoms with Crippen LogP contribution in [0.3, 0.4) is 0 Å². The van der Waals surface area contributed by atoms with Crippen LogP contribution < -0.4 is 9.62 Å². The number of carbonyl (C=O) groups is 2. The summed E-state index contributed by atoms with van der Waals surface area (Å²) in [5, 5.41) is 2.90. The monoisotopic (exact) mass is 553 g/mol. The molecule has 0 fully saturated rings. The number of halogens is 1. The summed E-state index contributed by atoms with van der Waals surface area (Å²) in [6, 6.07) is 21.1. The van der Waals surface area contributed by atoms with Gasteiger partial charge in [0, 0.05) is 25.1 Å². The van der Waals surface area contributed by atoms with E-state index in [9.17, 15) is 22.4 Å². The average Bonchev–Trinajstić information content (AvgIpc) is 2.91. The zero-order chi connectivity index (χ0) is 28.4. The molecule has 9 heteroatoms. The Labute approximate surface area is 230 Å². The van der Waals surface area contributed by atoms with Crippen molar-refractivity contribution in [3.05, 3.63) is 101 Å². The molecule has 3 aromatic carbocycles. The summed E-state index contributed by atoms with van der Waals surface area (Å²) in [5.74, 6) is -1.51. The van der Waals surface area contributed by atoms with E-state index in [0.717, 1.165) is 34.5 Å². The number of sulfonamides is 1. The number of hydrogen-bond donors (Lipinski definition) is 1. The van der Waals surface area contributed by atoms with Gasteiger partial charge in [-0.2, -0.15) is 0 Å². The molecule has 7 nitrogen and oxygen atoms in total. The Hall–Kier alpha value is -3.72. The van der Waals surface area contributed by atoms with E-state index in [1.807, 2.05) is 44.2 Å². The Morgan fingerprint density at radius 3 is 2.21 bits per heavy atom. The van der Waals surface area contributed by atoms with Crippen molar-refractivity contribution in [2.24, 2.45) is 0 Å². The fourth-order valence-electron chi connectivity index (χ4n) is 4.20. The Morgan fingerprint density at radius 2 is 1.59 bits per heavy atom. The number of amides is 2. The number of nitrogens with one attached hydrogen (secondary N) is 1. The summed E-state index contributed by atoms with van der Waals surface area (Å²) in [5.41, 5.74) is 2.31. The summed E-state index contributed by atoms with van der Waals surface area (Å²) < 4.78 is 41.3. The van der Waals surface area contributed by atoms with Gasteiger partial charge in [-0.1, -0.05) is 79.6 Å². The van der Waals surface area contributed by atoms with Gasteiger partial charge in [0.2, 0.25) is 21.8 Å². The Bertz CT molecular complexity index is 1350. The van der Waals surface area contributed by atoms with Gasteiger partial charge in [0.25, 0.3) is 0 Å². The molecule has 0 spiro atoms. The molecule has 1 N–H and O–H groups in total. The molecule has 208 valence electrons. The van der Waals surface area contributed by atoms with Crippen molar-refractivity contribution < 1.29 is 22.4 Å². The topological polar surface area (TPSA) is 86.8 Å². The van der Waals surface area contributed by atoms with E-state index in [-0.39, 0.29) is 24.4 Å². The molecule has 0 radical (unpaired) electrons. The number of benzene rings is 3. The number of anilines is 1. The molecule has 0 aliphatic heterocycles. The maximum atomic E-state index is 14.8. The van der Waals surface area contributed by atoms with E-state index in [0.29, 0.717) is 12.2 Å². The van der Waals surface area contributed by atoms with Crippen molar-refractivity contribution >= 4 is 27.5 Å². The second-order valence-electron chi connectivity index (χ2n) is 9.57. The van der Waals surface area contributed by atoms with E-state index in [2.05, 4.69) is 5.32 Å². The third kappa shape index (κ3) is 8.64.